The first-order chi connectivity index (χ1) is 26.3. The smallest absolute Gasteiger partial charge is 0.00500 e. The van der Waals surface area contributed by atoms with Gasteiger partial charge in [0.15, 0.2) is 0 Å². The molecule has 0 nitrogen and oxygen atoms in total. The maximum absolute atomic E-state index is 2.57. The summed E-state index contributed by atoms with van der Waals surface area (Å²) in [5.41, 5.74) is 0. The lowest BCUT2D eigenvalue weighted by atomic mass is 9.45. The predicted octanol–water partition coefficient (Wildman–Crippen LogP) is 15.7. The summed E-state index contributed by atoms with van der Waals surface area (Å²) in [7, 11) is 0. The van der Waals surface area contributed by atoms with Crippen LogP contribution in [0.15, 0.2) is 0 Å². The SMILES string of the molecule is C1CCC(C2C3CCCCC3C(C3CCC(SC4CCC(C5C6CCCCC6C(C6CCCCC6)C6CCCCC65)CC4)CC3)C3CCCCC32)CC1. The van der Waals surface area contributed by atoms with Gasteiger partial charge in [-0.25, -0.2) is 0 Å². The van der Waals surface area contributed by atoms with Crippen molar-refractivity contribution in [1.82, 2.24) is 0 Å². The van der Waals surface area contributed by atoms with E-state index < -0.39 is 0 Å². The molecule has 0 heterocycles. The molecule has 10 fully saturated rings. The van der Waals surface area contributed by atoms with Gasteiger partial charge in [0.25, 0.3) is 0 Å². The zero-order chi connectivity index (χ0) is 35.1. The molecule has 1 heteroatoms. The van der Waals surface area contributed by atoms with Crippen LogP contribution in [0.3, 0.4) is 0 Å². The third kappa shape index (κ3) is 7.58. The highest BCUT2D eigenvalue weighted by molar-refractivity contribution is 8.00. The Bertz CT molecular complexity index is 996. The summed E-state index contributed by atoms with van der Waals surface area (Å²) in [5, 5.41) is 2.01. The molecule has 10 saturated carbocycles. The van der Waals surface area contributed by atoms with E-state index in [4.69, 9.17) is 0 Å². The minimum atomic E-state index is 1.01. The Labute approximate surface area is 333 Å². The van der Waals surface area contributed by atoms with E-state index in [1.807, 2.05) is 0 Å². The maximum Gasteiger partial charge on any atom is 0.00500 e. The molecule has 0 aliphatic heterocycles. The van der Waals surface area contributed by atoms with Gasteiger partial charge in [0.2, 0.25) is 0 Å². The third-order valence-corrected chi connectivity index (χ3v) is 22.5. The molecule has 53 heavy (non-hydrogen) atoms. The van der Waals surface area contributed by atoms with Gasteiger partial charge in [0.1, 0.15) is 0 Å². The van der Waals surface area contributed by atoms with Crippen LogP contribution in [0, 0.1) is 94.7 Å². The molecule has 0 saturated heterocycles. The molecule has 8 atom stereocenters. The fourth-order valence-electron chi connectivity index (χ4n) is 19.2. The summed E-state index contributed by atoms with van der Waals surface area (Å²) in [6, 6.07) is 0. The Morgan fingerprint density at radius 3 is 0.642 bits per heavy atom. The summed E-state index contributed by atoms with van der Waals surface area (Å²) < 4.78 is 0. The van der Waals surface area contributed by atoms with Gasteiger partial charge in [0, 0.05) is 10.5 Å². The molecule has 0 radical (unpaired) electrons. The van der Waals surface area contributed by atoms with Crippen LogP contribution in [-0.2, 0) is 0 Å². The van der Waals surface area contributed by atoms with Crippen molar-refractivity contribution in [2.24, 2.45) is 94.7 Å². The van der Waals surface area contributed by atoms with Crippen LogP contribution in [-0.4, -0.2) is 10.5 Å². The molecule has 0 bridgehead atoms. The van der Waals surface area contributed by atoms with Gasteiger partial charge in [-0.2, -0.15) is 11.8 Å². The van der Waals surface area contributed by atoms with Crippen LogP contribution < -0.4 is 0 Å². The van der Waals surface area contributed by atoms with Gasteiger partial charge in [-0.15, -0.1) is 0 Å². The Hall–Kier alpha value is 0.350. The Morgan fingerprint density at radius 2 is 0.396 bits per heavy atom. The van der Waals surface area contributed by atoms with Crippen LogP contribution in [0.2, 0.25) is 0 Å². The molecule has 0 aromatic rings. The van der Waals surface area contributed by atoms with Gasteiger partial charge >= 0.3 is 0 Å². The van der Waals surface area contributed by atoms with E-state index in [9.17, 15) is 0 Å². The largest absolute Gasteiger partial charge is 0.155 e. The first-order valence-corrected chi connectivity index (χ1v) is 26.9. The van der Waals surface area contributed by atoms with E-state index in [-0.39, 0.29) is 0 Å². The molecule has 10 aliphatic rings. The lowest BCUT2D eigenvalue weighted by Gasteiger charge is -2.60. The maximum atomic E-state index is 2.57. The predicted molar refractivity (Wildman–Crippen MR) is 228 cm³/mol. The van der Waals surface area contributed by atoms with Crippen molar-refractivity contribution in [3.63, 3.8) is 0 Å². The highest BCUT2D eigenvalue weighted by atomic mass is 32.2. The monoisotopic (exact) mass is 743 g/mol. The summed E-state index contributed by atoms with van der Waals surface area (Å²) >= 11 is 2.57. The van der Waals surface area contributed by atoms with E-state index >= 15 is 0 Å². The zero-order valence-corrected chi connectivity index (χ0v) is 35.7. The summed E-state index contributed by atoms with van der Waals surface area (Å²) in [6.45, 7) is 0. The topological polar surface area (TPSA) is 0 Å². The van der Waals surface area contributed by atoms with Gasteiger partial charge in [-0.05, 0) is 197 Å². The normalized spacial score (nSPS) is 50.3. The highest BCUT2D eigenvalue weighted by Gasteiger charge is 2.56. The fourth-order valence-corrected chi connectivity index (χ4v) is 20.8. The van der Waals surface area contributed by atoms with Crippen molar-refractivity contribution in [2.75, 3.05) is 0 Å². The lowest BCUT2D eigenvalue weighted by Crippen LogP contribution is -2.53. The van der Waals surface area contributed by atoms with E-state index in [0.717, 1.165) is 105 Å². The van der Waals surface area contributed by atoms with Crippen molar-refractivity contribution in [3.8, 4) is 0 Å². The van der Waals surface area contributed by atoms with Gasteiger partial charge in [-0.1, -0.05) is 116 Å². The molecule has 0 spiro atoms. The molecule has 0 aromatic carbocycles. The number of hydrogen-bond acceptors (Lipinski definition) is 1. The standard InChI is InChI=1S/C52H86S/c1-3-15-35(16-4-1)49-41-19-7-11-23-45(41)51(46-24-12-8-20-42(46)49)37-27-31-39(32-28-37)53-40-33-29-38(30-34-40)52-47-25-13-9-21-43(47)50(36-17-5-2-6-18-36)44-22-10-14-26-48(44)52/h35-52H,1-34H2. The number of thioether (sulfide) groups is 1. The second kappa shape index (κ2) is 17.3. The van der Waals surface area contributed by atoms with Crippen molar-refractivity contribution in [1.29, 1.82) is 0 Å². The zero-order valence-electron chi connectivity index (χ0n) is 34.8. The fraction of sp³-hybridized carbons (Fsp3) is 1.00. The molecule has 10 rings (SSSR count). The third-order valence-electron chi connectivity index (χ3n) is 20.8. The molecule has 0 amide bonds. The molecular weight excluding hydrogens is 657 g/mol. The van der Waals surface area contributed by atoms with Gasteiger partial charge < -0.3 is 0 Å². The summed E-state index contributed by atoms with van der Waals surface area (Å²) in [6.07, 6.45) is 54.2. The second-order valence-electron chi connectivity index (χ2n) is 22.8. The van der Waals surface area contributed by atoms with Crippen LogP contribution in [0.5, 0.6) is 0 Å². The van der Waals surface area contributed by atoms with Crippen LogP contribution in [0.25, 0.3) is 0 Å². The van der Waals surface area contributed by atoms with Gasteiger partial charge in [-0.3, -0.25) is 0 Å². The summed E-state index contributed by atoms with van der Waals surface area (Å²) in [4.78, 5) is 0. The van der Waals surface area contributed by atoms with Crippen LogP contribution >= 0.6 is 11.8 Å². The molecule has 10 aliphatic carbocycles. The minimum Gasteiger partial charge on any atom is -0.155 e. The number of rotatable bonds is 6. The molecule has 0 aromatic heterocycles. The quantitative estimate of drug-likeness (QED) is 0.261. The van der Waals surface area contributed by atoms with Crippen molar-refractivity contribution in [2.45, 2.75) is 229 Å². The van der Waals surface area contributed by atoms with Crippen LogP contribution in [0.4, 0.5) is 0 Å². The number of fused-ring (bicyclic) bond motifs is 4. The first kappa shape index (κ1) is 37.6. The van der Waals surface area contributed by atoms with Gasteiger partial charge in [0.05, 0.1) is 0 Å². The van der Waals surface area contributed by atoms with E-state index in [0.29, 0.717) is 0 Å². The van der Waals surface area contributed by atoms with Crippen molar-refractivity contribution in [3.05, 3.63) is 0 Å². The summed E-state index contributed by atoms with van der Waals surface area (Å²) in [5.74, 6) is 18.0. The molecule has 300 valence electrons. The Kier molecular flexibility index (Phi) is 12.3. The second-order valence-corrected chi connectivity index (χ2v) is 24.4. The van der Waals surface area contributed by atoms with Crippen molar-refractivity contribution < 1.29 is 0 Å². The van der Waals surface area contributed by atoms with E-state index in [1.165, 1.54) is 0 Å². The minimum absolute atomic E-state index is 1.01. The van der Waals surface area contributed by atoms with Crippen molar-refractivity contribution >= 4 is 11.8 Å². The Balaban J connectivity index is 0.763. The highest BCUT2D eigenvalue weighted by Crippen LogP contribution is 2.64. The molecular formula is C52H86S. The molecule has 8 unspecified atom stereocenters. The Morgan fingerprint density at radius 1 is 0.189 bits per heavy atom. The lowest BCUT2D eigenvalue weighted by molar-refractivity contribution is -0.111. The average Bonchev–Trinajstić information content (AvgIpc) is 3.23. The van der Waals surface area contributed by atoms with Crippen LogP contribution in [0.1, 0.15) is 218 Å². The van der Waals surface area contributed by atoms with E-state index in [2.05, 4.69) is 11.8 Å². The number of hydrogen-bond donors (Lipinski definition) is 0. The molecule has 0 N–H and O–H groups in total. The average molecular weight is 743 g/mol. The first-order valence-electron chi connectivity index (χ1n) is 26.0. The van der Waals surface area contributed by atoms with E-state index in [1.54, 1.807) is 218 Å².